The molecule has 0 bridgehead atoms. The molecule has 2 rings (SSSR count). The van der Waals surface area contributed by atoms with Crippen LogP contribution in [-0.2, 0) is 11.3 Å². The van der Waals surface area contributed by atoms with E-state index in [9.17, 15) is 9.59 Å². The summed E-state index contributed by atoms with van der Waals surface area (Å²) >= 11 is 0. The van der Waals surface area contributed by atoms with Crippen LogP contribution < -0.4 is 11.1 Å². The molecule has 1 aromatic carbocycles. The van der Waals surface area contributed by atoms with Crippen molar-refractivity contribution in [1.29, 1.82) is 0 Å². The van der Waals surface area contributed by atoms with Crippen LogP contribution in [-0.4, -0.2) is 17.0 Å². The maximum absolute atomic E-state index is 11.6. The molecule has 0 atom stereocenters. The average Bonchev–Trinajstić information content (AvgIpc) is 2.67. The van der Waals surface area contributed by atoms with Crippen molar-refractivity contribution in [2.24, 2.45) is 0 Å². The molecule has 18 heavy (non-hydrogen) atoms. The van der Waals surface area contributed by atoms with Crippen LogP contribution in [0.2, 0.25) is 0 Å². The lowest BCUT2D eigenvalue weighted by Gasteiger charge is -2.03. The van der Waals surface area contributed by atoms with Crippen LogP contribution in [0.15, 0.2) is 46.1 Å². The van der Waals surface area contributed by atoms with Crippen molar-refractivity contribution in [1.82, 2.24) is 9.88 Å². The predicted molar refractivity (Wildman–Crippen MR) is 68.3 cm³/mol. The molecular formula is C13H14N2O3. The predicted octanol–water partition coefficient (Wildman–Crippen LogP) is 1.29. The molecule has 0 unspecified atom stereocenters. The summed E-state index contributed by atoms with van der Waals surface area (Å²) in [4.78, 5) is 23.2. The number of amides is 1. The van der Waals surface area contributed by atoms with Gasteiger partial charge in [-0.1, -0.05) is 18.2 Å². The summed E-state index contributed by atoms with van der Waals surface area (Å²) in [5.74, 6) is -0.736. The van der Waals surface area contributed by atoms with E-state index in [1.165, 1.54) is 4.57 Å². The summed E-state index contributed by atoms with van der Waals surface area (Å²) in [6, 6.07) is 7.02. The standard InChI is InChI=1S/C13H14N2O3/c1-2-3-8-14-12(16)9-15-10-6-4-5-7-11(10)18-13(15)17/h2,4-7H,1,3,8-9H2,(H,14,16). The zero-order valence-electron chi connectivity index (χ0n) is 9.89. The summed E-state index contributed by atoms with van der Waals surface area (Å²) < 4.78 is 6.35. The van der Waals surface area contributed by atoms with Crippen molar-refractivity contribution in [3.63, 3.8) is 0 Å². The maximum Gasteiger partial charge on any atom is 0.420 e. The lowest BCUT2D eigenvalue weighted by molar-refractivity contribution is -0.121. The molecule has 0 spiro atoms. The van der Waals surface area contributed by atoms with Crippen molar-refractivity contribution in [3.05, 3.63) is 47.5 Å². The smallest absolute Gasteiger partial charge is 0.408 e. The molecule has 1 heterocycles. The van der Waals surface area contributed by atoms with Gasteiger partial charge >= 0.3 is 5.76 Å². The van der Waals surface area contributed by atoms with E-state index >= 15 is 0 Å². The zero-order valence-corrected chi connectivity index (χ0v) is 9.89. The van der Waals surface area contributed by atoms with Gasteiger partial charge in [0.15, 0.2) is 5.58 Å². The minimum atomic E-state index is -0.518. The van der Waals surface area contributed by atoms with Gasteiger partial charge in [0.25, 0.3) is 0 Å². The monoisotopic (exact) mass is 246 g/mol. The lowest BCUT2D eigenvalue weighted by atomic mass is 10.3. The van der Waals surface area contributed by atoms with Gasteiger partial charge in [-0.15, -0.1) is 6.58 Å². The number of nitrogens with one attached hydrogen (secondary N) is 1. The van der Waals surface area contributed by atoms with E-state index in [1.54, 1.807) is 30.3 Å². The second-order valence-electron chi connectivity index (χ2n) is 3.85. The first kappa shape index (κ1) is 12.2. The summed E-state index contributed by atoms with van der Waals surface area (Å²) in [5.41, 5.74) is 1.11. The Morgan fingerprint density at radius 2 is 2.22 bits per heavy atom. The highest BCUT2D eigenvalue weighted by molar-refractivity contribution is 5.79. The van der Waals surface area contributed by atoms with E-state index in [4.69, 9.17) is 4.42 Å². The first-order valence-electron chi connectivity index (χ1n) is 5.68. The number of nitrogens with zero attached hydrogens (tertiary/aromatic N) is 1. The zero-order chi connectivity index (χ0) is 13.0. The summed E-state index contributed by atoms with van der Waals surface area (Å²) in [5, 5.41) is 2.70. The molecule has 1 aromatic heterocycles. The molecule has 0 aliphatic carbocycles. The van der Waals surface area contributed by atoms with E-state index < -0.39 is 5.76 Å². The normalized spacial score (nSPS) is 10.4. The topological polar surface area (TPSA) is 64.2 Å². The van der Waals surface area contributed by atoms with Crippen LogP contribution in [0.3, 0.4) is 0 Å². The van der Waals surface area contributed by atoms with Crippen molar-refractivity contribution in [3.8, 4) is 0 Å². The fourth-order valence-electron chi connectivity index (χ4n) is 1.68. The van der Waals surface area contributed by atoms with Crippen LogP contribution >= 0.6 is 0 Å². The molecule has 1 N–H and O–H groups in total. The molecule has 0 aliphatic heterocycles. The summed E-state index contributed by atoms with van der Waals surface area (Å²) in [7, 11) is 0. The Balaban J connectivity index is 2.16. The Labute approximate surface area is 104 Å². The van der Waals surface area contributed by atoms with Crippen LogP contribution in [0.1, 0.15) is 6.42 Å². The third-order valence-electron chi connectivity index (χ3n) is 2.55. The fourth-order valence-corrected chi connectivity index (χ4v) is 1.68. The van der Waals surface area contributed by atoms with Gasteiger partial charge in [-0.3, -0.25) is 9.36 Å². The minimum Gasteiger partial charge on any atom is -0.408 e. The van der Waals surface area contributed by atoms with Gasteiger partial charge in [0.05, 0.1) is 5.52 Å². The van der Waals surface area contributed by atoms with Gasteiger partial charge in [-0.25, -0.2) is 4.79 Å². The SMILES string of the molecule is C=CCCNC(=O)Cn1c(=O)oc2ccccc21. The van der Waals surface area contributed by atoms with Crippen molar-refractivity contribution in [2.45, 2.75) is 13.0 Å². The Hall–Kier alpha value is -2.30. The number of aromatic nitrogens is 1. The molecule has 2 aromatic rings. The molecule has 5 nitrogen and oxygen atoms in total. The molecule has 94 valence electrons. The van der Waals surface area contributed by atoms with Crippen LogP contribution in [0.5, 0.6) is 0 Å². The van der Waals surface area contributed by atoms with Gasteiger partial charge in [-0.2, -0.15) is 0 Å². The molecule has 5 heteroatoms. The molecule has 1 amide bonds. The average molecular weight is 246 g/mol. The van der Waals surface area contributed by atoms with Gasteiger partial charge in [0.2, 0.25) is 5.91 Å². The number of hydrogen-bond acceptors (Lipinski definition) is 3. The van der Waals surface area contributed by atoms with Crippen LogP contribution in [0, 0.1) is 0 Å². The number of benzene rings is 1. The molecular weight excluding hydrogens is 232 g/mol. The van der Waals surface area contributed by atoms with E-state index in [-0.39, 0.29) is 12.5 Å². The number of hydrogen-bond donors (Lipinski definition) is 1. The molecule has 0 radical (unpaired) electrons. The van der Waals surface area contributed by atoms with Crippen molar-refractivity contribution in [2.75, 3.05) is 6.54 Å². The molecule has 0 saturated carbocycles. The Bertz CT molecular complexity index is 624. The Morgan fingerprint density at radius 3 is 3.00 bits per heavy atom. The highest BCUT2D eigenvalue weighted by Crippen LogP contribution is 2.11. The van der Waals surface area contributed by atoms with E-state index in [0.717, 1.165) is 0 Å². The number of para-hydroxylation sites is 2. The third-order valence-corrected chi connectivity index (χ3v) is 2.55. The first-order chi connectivity index (χ1) is 8.72. The quantitative estimate of drug-likeness (QED) is 0.638. The highest BCUT2D eigenvalue weighted by atomic mass is 16.4. The summed E-state index contributed by atoms with van der Waals surface area (Å²) in [6.07, 6.45) is 2.42. The van der Waals surface area contributed by atoms with Crippen LogP contribution in [0.4, 0.5) is 0 Å². The lowest BCUT2D eigenvalue weighted by Crippen LogP contribution is -2.31. The summed E-state index contributed by atoms with van der Waals surface area (Å²) in [6.45, 7) is 4.05. The van der Waals surface area contributed by atoms with E-state index in [1.807, 2.05) is 0 Å². The second kappa shape index (κ2) is 5.35. The number of carbonyl (C=O) groups excluding carboxylic acids is 1. The third kappa shape index (κ3) is 2.51. The number of rotatable bonds is 5. The minimum absolute atomic E-state index is 0.0347. The number of carbonyl (C=O) groups is 1. The molecule has 0 saturated heterocycles. The fraction of sp³-hybridized carbons (Fsp3) is 0.231. The maximum atomic E-state index is 11.6. The molecule has 0 fully saturated rings. The van der Waals surface area contributed by atoms with Crippen molar-refractivity contribution >= 4 is 17.0 Å². The Morgan fingerprint density at radius 1 is 1.44 bits per heavy atom. The van der Waals surface area contributed by atoms with Gasteiger partial charge in [0, 0.05) is 6.54 Å². The highest BCUT2D eigenvalue weighted by Gasteiger charge is 2.11. The van der Waals surface area contributed by atoms with Crippen LogP contribution in [0.25, 0.3) is 11.1 Å². The van der Waals surface area contributed by atoms with E-state index in [0.29, 0.717) is 24.1 Å². The first-order valence-corrected chi connectivity index (χ1v) is 5.68. The van der Waals surface area contributed by atoms with E-state index in [2.05, 4.69) is 11.9 Å². The van der Waals surface area contributed by atoms with Gasteiger partial charge < -0.3 is 9.73 Å². The second-order valence-corrected chi connectivity index (χ2v) is 3.85. The van der Waals surface area contributed by atoms with Gasteiger partial charge in [-0.05, 0) is 18.6 Å². The molecule has 0 aliphatic rings. The number of oxazole rings is 1. The van der Waals surface area contributed by atoms with Gasteiger partial charge in [0.1, 0.15) is 6.54 Å². The number of fused-ring (bicyclic) bond motifs is 1. The van der Waals surface area contributed by atoms with Crippen molar-refractivity contribution < 1.29 is 9.21 Å². The Kier molecular flexibility index (Phi) is 3.62. The largest absolute Gasteiger partial charge is 0.420 e.